The highest BCUT2D eigenvalue weighted by Gasteiger charge is 2.31. The minimum Gasteiger partial charge on any atom is -0.355 e. The van der Waals surface area contributed by atoms with Gasteiger partial charge in [0.05, 0.1) is 0 Å². The number of guanidine groups is 1. The molecule has 1 aromatic carbocycles. The van der Waals surface area contributed by atoms with E-state index in [0.717, 1.165) is 19.0 Å². The predicted molar refractivity (Wildman–Crippen MR) is 91.2 cm³/mol. The molecule has 5 nitrogen and oxygen atoms in total. The molecule has 0 saturated carbocycles. The van der Waals surface area contributed by atoms with Crippen LogP contribution in [0.2, 0.25) is 0 Å². The van der Waals surface area contributed by atoms with Crippen molar-refractivity contribution in [3.63, 3.8) is 0 Å². The molecule has 0 aliphatic carbocycles. The largest absolute Gasteiger partial charge is 0.355 e. The van der Waals surface area contributed by atoms with Crippen LogP contribution in [0.5, 0.6) is 0 Å². The van der Waals surface area contributed by atoms with Crippen LogP contribution in [-0.2, 0) is 6.54 Å². The second-order valence-electron chi connectivity index (χ2n) is 6.22. The van der Waals surface area contributed by atoms with Crippen molar-refractivity contribution in [3.05, 3.63) is 35.4 Å². The maximum atomic E-state index is 4.34. The lowest BCUT2D eigenvalue weighted by atomic mass is 10.1. The third-order valence-electron chi connectivity index (χ3n) is 4.83. The molecule has 0 radical (unpaired) electrons. The van der Waals surface area contributed by atoms with E-state index in [1.807, 2.05) is 7.05 Å². The molecule has 4 rings (SSSR count). The third kappa shape index (κ3) is 3.59. The van der Waals surface area contributed by atoms with Crippen LogP contribution >= 0.6 is 0 Å². The molecule has 120 valence electrons. The van der Waals surface area contributed by atoms with Gasteiger partial charge in [-0.2, -0.15) is 0 Å². The predicted octanol–water partition coefficient (Wildman–Crippen LogP) is 0.660. The molecule has 2 N–H and O–H groups in total. The summed E-state index contributed by atoms with van der Waals surface area (Å²) in [5.41, 5.74) is 2.63. The number of aliphatic imine (C=N–C) groups is 1. The first-order valence-electron chi connectivity index (χ1n) is 8.21. The summed E-state index contributed by atoms with van der Waals surface area (Å²) in [5, 5.41) is 6.90. The number of piperazine rings is 3. The van der Waals surface area contributed by atoms with Gasteiger partial charge in [0.1, 0.15) is 0 Å². The van der Waals surface area contributed by atoms with Crippen LogP contribution in [0.3, 0.4) is 0 Å². The fraction of sp³-hybridized carbons (Fsp3) is 0.588. The van der Waals surface area contributed by atoms with Crippen LogP contribution in [0.4, 0.5) is 0 Å². The zero-order valence-corrected chi connectivity index (χ0v) is 13.7. The van der Waals surface area contributed by atoms with Gasteiger partial charge in [-0.1, -0.05) is 24.3 Å². The van der Waals surface area contributed by atoms with Crippen molar-refractivity contribution in [1.82, 2.24) is 20.4 Å². The second kappa shape index (κ2) is 7.11. The van der Waals surface area contributed by atoms with Crippen LogP contribution in [-0.4, -0.2) is 68.1 Å². The number of nitrogens with one attached hydrogen (secondary N) is 2. The molecule has 1 aromatic rings. The minimum atomic E-state index is 0.611. The Bertz CT molecular complexity index is 520. The molecular weight excluding hydrogens is 274 g/mol. The monoisotopic (exact) mass is 301 g/mol. The lowest BCUT2D eigenvalue weighted by Crippen LogP contribution is -2.63. The summed E-state index contributed by atoms with van der Waals surface area (Å²) in [5.74, 6) is 0.890. The second-order valence-corrected chi connectivity index (χ2v) is 6.22. The van der Waals surface area contributed by atoms with Gasteiger partial charge in [0.15, 0.2) is 5.96 Å². The Morgan fingerprint density at radius 1 is 1.18 bits per heavy atom. The zero-order chi connectivity index (χ0) is 15.4. The molecule has 0 aromatic heterocycles. The molecule has 3 heterocycles. The van der Waals surface area contributed by atoms with E-state index in [4.69, 9.17) is 0 Å². The normalized spacial score (nSPS) is 27.7. The standard InChI is InChI=1S/C17H27N5/c1-14-5-3-4-6-15(14)11-19-17(18-2)20-12-16-13-21-7-9-22(16)10-8-21/h3-6,16H,7-13H2,1-2H3,(H2,18,19,20). The van der Waals surface area contributed by atoms with Gasteiger partial charge in [0, 0.05) is 58.9 Å². The SMILES string of the molecule is CN=C(NCc1ccccc1C)NCC1CN2CCN1CC2. The number of hydrogen-bond acceptors (Lipinski definition) is 3. The van der Waals surface area contributed by atoms with E-state index in [0.29, 0.717) is 6.04 Å². The lowest BCUT2D eigenvalue weighted by molar-refractivity contribution is 0.0154. The van der Waals surface area contributed by atoms with E-state index in [-0.39, 0.29) is 0 Å². The van der Waals surface area contributed by atoms with Crippen molar-refractivity contribution in [2.45, 2.75) is 19.5 Å². The highest BCUT2D eigenvalue weighted by molar-refractivity contribution is 5.79. The van der Waals surface area contributed by atoms with Crippen LogP contribution in [0.25, 0.3) is 0 Å². The lowest BCUT2D eigenvalue weighted by Gasteiger charge is -2.47. The number of fused-ring (bicyclic) bond motifs is 3. The zero-order valence-electron chi connectivity index (χ0n) is 13.7. The first-order chi connectivity index (χ1) is 10.8. The van der Waals surface area contributed by atoms with Crippen LogP contribution in [0, 0.1) is 6.92 Å². The van der Waals surface area contributed by atoms with E-state index in [9.17, 15) is 0 Å². The van der Waals surface area contributed by atoms with Gasteiger partial charge in [-0.25, -0.2) is 0 Å². The molecule has 1 atom stereocenters. The Morgan fingerprint density at radius 2 is 1.95 bits per heavy atom. The number of aryl methyl sites for hydroxylation is 1. The van der Waals surface area contributed by atoms with Crippen LogP contribution < -0.4 is 10.6 Å². The van der Waals surface area contributed by atoms with Crippen molar-refractivity contribution in [3.8, 4) is 0 Å². The Hall–Kier alpha value is -1.59. The van der Waals surface area contributed by atoms with Gasteiger partial charge in [-0.15, -0.1) is 0 Å². The number of rotatable bonds is 4. The fourth-order valence-corrected chi connectivity index (χ4v) is 3.34. The molecule has 2 bridgehead atoms. The summed E-state index contributed by atoms with van der Waals surface area (Å²) in [6, 6.07) is 9.08. The number of hydrogen-bond donors (Lipinski definition) is 2. The average molecular weight is 301 g/mol. The maximum Gasteiger partial charge on any atom is 0.191 e. The summed E-state index contributed by atoms with van der Waals surface area (Å²) in [6.07, 6.45) is 0. The maximum absolute atomic E-state index is 4.34. The highest BCUT2D eigenvalue weighted by Crippen LogP contribution is 2.14. The summed E-state index contributed by atoms with van der Waals surface area (Å²) in [7, 11) is 1.84. The number of nitrogens with zero attached hydrogens (tertiary/aromatic N) is 3. The molecule has 5 heteroatoms. The van der Waals surface area contributed by atoms with Gasteiger partial charge in [-0.3, -0.25) is 14.8 Å². The molecule has 0 spiro atoms. The van der Waals surface area contributed by atoms with Crippen molar-refractivity contribution in [1.29, 1.82) is 0 Å². The van der Waals surface area contributed by atoms with Crippen molar-refractivity contribution in [2.24, 2.45) is 4.99 Å². The van der Waals surface area contributed by atoms with Gasteiger partial charge in [-0.05, 0) is 18.1 Å². The third-order valence-corrected chi connectivity index (χ3v) is 4.83. The van der Waals surface area contributed by atoms with Crippen molar-refractivity contribution in [2.75, 3.05) is 46.3 Å². The minimum absolute atomic E-state index is 0.611. The Balaban J connectivity index is 1.47. The number of benzene rings is 1. The van der Waals surface area contributed by atoms with E-state index in [1.165, 1.54) is 43.9 Å². The topological polar surface area (TPSA) is 42.9 Å². The smallest absolute Gasteiger partial charge is 0.191 e. The molecule has 3 aliphatic heterocycles. The Kier molecular flexibility index (Phi) is 4.95. The van der Waals surface area contributed by atoms with Gasteiger partial charge in [0.2, 0.25) is 0 Å². The van der Waals surface area contributed by atoms with Crippen LogP contribution in [0.15, 0.2) is 29.3 Å². The summed E-state index contributed by atoms with van der Waals surface area (Å²) >= 11 is 0. The van der Waals surface area contributed by atoms with Crippen molar-refractivity contribution < 1.29 is 0 Å². The fourth-order valence-electron chi connectivity index (χ4n) is 3.34. The molecule has 3 saturated heterocycles. The molecule has 22 heavy (non-hydrogen) atoms. The molecule has 0 amide bonds. The van der Waals surface area contributed by atoms with E-state index < -0.39 is 0 Å². The van der Waals surface area contributed by atoms with Gasteiger partial charge in [0.25, 0.3) is 0 Å². The highest BCUT2D eigenvalue weighted by atomic mass is 15.4. The summed E-state index contributed by atoms with van der Waals surface area (Å²) in [4.78, 5) is 9.51. The average Bonchev–Trinajstić information content (AvgIpc) is 2.57. The molecule has 3 aliphatic rings. The first kappa shape index (κ1) is 15.3. The van der Waals surface area contributed by atoms with E-state index in [2.05, 4.69) is 56.6 Å². The molecule has 1 unspecified atom stereocenters. The van der Waals surface area contributed by atoms with E-state index >= 15 is 0 Å². The van der Waals surface area contributed by atoms with Crippen LogP contribution in [0.1, 0.15) is 11.1 Å². The Morgan fingerprint density at radius 3 is 2.59 bits per heavy atom. The quantitative estimate of drug-likeness (QED) is 0.633. The van der Waals surface area contributed by atoms with Crippen molar-refractivity contribution >= 4 is 5.96 Å². The molecular formula is C17H27N5. The van der Waals surface area contributed by atoms with E-state index in [1.54, 1.807) is 0 Å². The van der Waals surface area contributed by atoms with Gasteiger partial charge < -0.3 is 10.6 Å². The Labute approximate surface area is 133 Å². The summed E-state index contributed by atoms with van der Waals surface area (Å²) in [6.45, 7) is 9.99. The summed E-state index contributed by atoms with van der Waals surface area (Å²) < 4.78 is 0. The van der Waals surface area contributed by atoms with Gasteiger partial charge >= 0.3 is 0 Å². The molecule has 3 fully saturated rings. The first-order valence-corrected chi connectivity index (χ1v) is 8.21.